The molecule has 0 fully saturated rings. The number of allylic oxidation sites excluding steroid dienone is 1. The van der Waals surface area contributed by atoms with Gasteiger partial charge in [-0.05, 0) is 0 Å². The SMILES string of the molecule is C#C/C=C(\SCCl)C(=O)NCC=C. The Bertz CT molecular complexity index is 255. The average molecular weight is 216 g/mol. The number of alkyl halides is 1. The molecular weight excluding hydrogens is 206 g/mol. The van der Waals surface area contributed by atoms with E-state index in [4.69, 9.17) is 18.0 Å². The average Bonchev–Trinajstić information content (AvgIpc) is 2.14. The fraction of sp³-hybridized carbons (Fsp3) is 0.222. The topological polar surface area (TPSA) is 29.1 Å². The number of hydrogen-bond acceptors (Lipinski definition) is 2. The molecule has 0 aliphatic carbocycles. The van der Waals surface area contributed by atoms with Crippen molar-refractivity contribution in [1.29, 1.82) is 0 Å². The molecule has 2 nitrogen and oxygen atoms in total. The molecule has 0 rings (SSSR count). The smallest absolute Gasteiger partial charge is 0.258 e. The van der Waals surface area contributed by atoms with Gasteiger partial charge in [0.2, 0.25) is 0 Å². The highest BCUT2D eigenvalue weighted by atomic mass is 35.5. The number of nitrogens with one attached hydrogen (secondary N) is 1. The number of terminal acetylenes is 1. The lowest BCUT2D eigenvalue weighted by Crippen LogP contribution is -2.23. The van der Waals surface area contributed by atoms with Gasteiger partial charge in [-0.1, -0.05) is 12.0 Å². The van der Waals surface area contributed by atoms with Crippen LogP contribution in [0, 0.1) is 12.3 Å². The lowest BCUT2D eigenvalue weighted by molar-refractivity contribution is -0.116. The van der Waals surface area contributed by atoms with E-state index in [2.05, 4.69) is 17.8 Å². The van der Waals surface area contributed by atoms with Crippen molar-refractivity contribution in [1.82, 2.24) is 5.32 Å². The molecule has 0 aromatic rings. The van der Waals surface area contributed by atoms with Gasteiger partial charge in [0.15, 0.2) is 0 Å². The van der Waals surface area contributed by atoms with Gasteiger partial charge in [0, 0.05) is 12.6 Å². The van der Waals surface area contributed by atoms with Crippen molar-refractivity contribution in [2.75, 3.05) is 11.8 Å². The van der Waals surface area contributed by atoms with Gasteiger partial charge < -0.3 is 5.32 Å². The summed E-state index contributed by atoms with van der Waals surface area (Å²) in [5.74, 6) is 2.06. The Morgan fingerprint density at radius 2 is 2.46 bits per heavy atom. The van der Waals surface area contributed by atoms with E-state index in [1.165, 1.54) is 17.8 Å². The molecule has 0 unspecified atom stereocenters. The zero-order valence-corrected chi connectivity index (χ0v) is 8.62. The van der Waals surface area contributed by atoms with E-state index in [0.29, 0.717) is 16.7 Å². The summed E-state index contributed by atoms with van der Waals surface area (Å²) in [6.07, 6.45) is 8.03. The number of halogens is 1. The van der Waals surface area contributed by atoms with Crippen LogP contribution in [-0.2, 0) is 4.79 Å². The molecule has 0 aliphatic rings. The summed E-state index contributed by atoms with van der Waals surface area (Å²) < 4.78 is 0. The number of thioether (sulfide) groups is 1. The molecule has 0 aliphatic heterocycles. The summed E-state index contributed by atoms with van der Waals surface area (Å²) >= 11 is 6.66. The van der Waals surface area contributed by atoms with Crippen LogP contribution in [-0.4, -0.2) is 17.7 Å². The summed E-state index contributed by atoms with van der Waals surface area (Å²) in [7, 11) is 0. The van der Waals surface area contributed by atoms with Crippen molar-refractivity contribution in [3.05, 3.63) is 23.6 Å². The Balaban J connectivity index is 4.21. The van der Waals surface area contributed by atoms with Crippen molar-refractivity contribution in [2.45, 2.75) is 0 Å². The van der Waals surface area contributed by atoms with Crippen molar-refractivity contribution in [3.8, 4) is 12.3 Å². The van der Waals surface area contributed by atoms with Crippen molar-refractivity contribution >= 4 is 29.3 Å². The van der Waals surface area contributed by atoms with Crippen LogP contribution in [0.5, 0.6) is 0 Å². The quantitative estimate of drug-likeness (QED) is 0.328. The van der Waals surface area contributed by atoms with Gasteiger partial charge in [-0.2, -0.15) is 0 Å². The highest BCUT2D eigenvalue weighted by Gasteiger charge is 2.06. The molecular formula is C9H10ClNOS. The molecule has 70 valence electrons. The van der Waals surface area contributed by atoms with Crippen molar-refractivity contribution in [2.24, 2.45) is 0 Å². The first-order valence-electron chi connectivity index (χ1n) is 3.50. The molecule has 1 N–H and O–H groups in total. The molecule has 0 saturated heterocycles. The van der Waals surface area contributed by atoms with Gasteiger partial charge >= 0.3 is 0 Å². The standard InChI is InChI=1S/C9H10ClNOS/c1-3-5-8(13-7-10)9(12)11-6-4-2/h1,4-5H,2,6-7H2,(H,11,12)/b8-5-. The van der Waals surface area contributed by atoms with Gasteiger partial charge in [0.1, 0.15) is 0 Å². The number of hydrogen-bond donors (Lipinski definition) is 1. The third-order valence-corrected chi connectivity index (χ3v) is 2.11. The van der Waals surface area contributed by atoms with E-state index >= 15 is 0 Å². The van der Waals surface area contributed by atoms with E-state index in [1.807, 2.05) is 0 Å². The maximum absolute atomic E-state index is 11.3. The van der Waals surface area contributed by atoms with Crippen LogP contribution in [0.25, 0.3) is 0 Å². The van der Waals surface area contributed by atoms with E-state index in [9.17, 15) is 4.79 Å². The molecule has 0 saturated carbocycles. The first-order valence-corrected chi connectivity index (χ1v) is 5.02. The van der Waals surface area contributed by atoms with Crippen LogP contribution in [0.2, 0.25) is 0 Å². The largest absolute Gasteiger partial charge is 0.348 e. The monoisotopic (exact) mass is 215 g/mol. The second kappa shape index (κ2) is 7.78. The summed E-state index contributed by atoms with van der Waals surface area (Å²) in [5.41, 5.74) is 0. The summed E-state index contributed by atoms with van der Waals surface area (Å²) in [5, 5.41) is 2.90. The third-order valence-electron chi connectivity index (χ3n) is 1.06. The molecule has 0 spiro atoms. The van der Waals surface area contributed by atoms with Crippen LogP contribution in [0.15, 0.2) is 23.6 Å². The first-order chi connectivity index (χ1) is 6.26. The third kappa shape index (κ3) is 5.40. The lowest BCUT2D eigenvalue weighted by atomic mass is 10.4. The minimum Gasteiger partial charge on any atom is -0.348 e. The normalized spacial score (nSPS) is 10.3. The lowest BCUT2D eigenvalue weighted by Gasteiger charge is -2.03. The van der Waals surface area contributed by atoms with E-state index in [-0.39, 0.29) is 5.91 Å². The van der Waals surface area contributed by atoms with Crippen molar-refractivity contribution in [3.63, 3.8) is 0 Å². The minimum absolute atomic E-state index is 0.219. The second-order valence-corrected chi connectivity index (χ2v) is 3.53. The molecule has 4 heteroatoms. The predicted octanol–water partition coefficient (Wildman–Crippen LogP) is 1.74. The molecule has 13 heavy (non-hydrogen) atoms. The van der Waals surface area contributed by atoms with Crippen LogP contribution in [0.4, 0.5) is 0 Å². The zero-order chi connectivity index (χ0) is 10.1. The fourth-order valence-electron chi connectivity index (χ4n) is 0.559. The highest BCUT2D eigenvalue weighted by Crippen LogP contribution is 2.16. The summed E-state index contributed by atoms with van der Waals surface area (Å²) in [6, 6.07) is 0. The number of amides is 1. The Morgan fingerprint density at radius 3 is 2.92 bits per heavy atom. The van der Waals surface area contributed by atoms with E-state index in [0.717, 1.165) is 0 Å². The zero-order valence-electron chi connectivity index (χ0n) is 7.05. The van der Waals surface area contributed by atoms with Gasteiger partial charge in [0.25, 0.3) is 5.91 Å². The van der Waals surface area contributed by atoms with Crippen LogP contribution in [0.1, 0.15) is 0 Å². The molecule has 1 amide bonds. The van der Waals surface area contributed by atoms with Gasteiger partial charge in [-0.3, -0.25) is 4.79 Å². The number of carbonyl (C=O) groups is 1. The molecule has 0 bridgehead atoms. The Kier molecular flexibility index (Phi) is 7.27. The minimum atomic E-state index is -0.219. The van der Waals surface area contributed by atoms with Crippen LogP contribution in [0.3, 0.4) is 0 Å². The summed E-state index contributed by atoms with van der Waals surface area (Å²) in [6.45, 7) is 3.90. The maximum atomic E-state index is 11.3. The van der Waals surface area contributed by atoms with Crippen molar-refractivity contribution < 1.29 is 4.79 Å². The summed E-state index contributed by atoms with van der Waals surface area (Å²) in [4.78, 5) is 11.7. The Hall–Kier alpha value is -0.850. The van der Waals surface area contributed by atoms with Crippen LogP contribution < -0.4 is 5.32 Å². The van der Waals surface area contributed by atoms with E-state index < -0.39 is 0 Å². The number of rotatable bonds is 5. The second-order valence-electron chi connectivity index (χ2n) is 1.93. The Morgan fingerprint density at radius 1 is 1.77 bits per heavy atom. The highest BCUT2D eigenvalue weighted by molar-refractivity contribution is 8.05. The van der Waals surface area contributed by atoms with Gasteiger partial charge in [-0.25, -0.2) is 0 Å². The predicted molar refractivity (Wildman–Crippen MR) is 58.4 cm³/mol. The molecule has 0 heterocycles. The first kappa shape index (κ1) is 12.2. The molecule has 0 atom stereocenters. The Labute approximate surface area is 87.4 Å². The van der Waals surface area contributed by atoms with E-state index in [1.54, 1.807) is 6.08 Å². The molecule has 0 aromatic heterocycles. The molecule has 0 radical (unpaired) electrons. The van der Waals surface area contributed by atoms with Gasteiger partial charge in [-0.15, -0.1) is 36.4 Å². The number of carbonyl (C=O) groups excluding carboxylic acids is 1. The van der Waals surface area contributed by atoms with Gasteiger partial charge in [0.05, 0.1) is 10.1 Å². The maximum Gasteiger partial charge on any atom is 0.258 e. The fourth-order valence-corrected chi connectivity index (χ4v) is 1.38. The van der Waals surface area contributed by atoms with Crippen LogP contribution >= 0.6 is 23.4 Å². The molecule has 0 aromatic carbocycles.